The topological polar surface area (TPSA) is 48.1 Å². The summed E-state index contributed by atoms with van der Waals surface area (Å²) >= 11 is 0. The molecule has 2 rings (SSSR count). The van der Waals surface area contributed by atoms with Crippen LogP contribution in [-0.4, -0.2) is 12.1 Å². The zero-order chi connectivity index (χ0) is 10.7. The van der Waals surface area contributed by atoms with Crippen LogP contribution >= 0.6 is 0 Å². The summed E-state index contributed by atoms with van der Waals surface area (Å²) in [5.41, 5.74) is 8.52. The van der Waals surface area contributed by atoms with Crippen molar-refractivity contribution in [2.24, 2.45) is 0 Å². The number of nitrogen functional groups attached to an aromatic ring is 1. The van der Waals surface area contributed by atoms with E-state index < -0.39 is 0 Å². The average molecular weight is 200 g/mol. The second kappa shape index (κ2) is 4.00. The molecule has 3 nitrogen and oxygen atoms in total. The van der Waals surface area contributed by atoms with Crippen molar-refractivity contribution in [2.75, 3.05) is 12.8 Å². The van der Waals surface area contributed by atoms with E-state index in [9.17, 15) is 0 Å². The van der Waals surface area contributed by atoms with E-state index in [1.54, 1.807) is 19.5 Å². The van der Waals surface area contributed by atoms with E-state index in [-0.39, 0.29) is 0 Å². The van der Waals surface area contributed by atoms with Crippen LogP contribution in [0.2, 0.25) is 0 Å². The van der Waals surface area contributed by atoms with Crippen molar-refractivity contribution in [2.45, 2.75) is 0 Å². The van der Waals surface area contributed by atoms with Crippen molar-refractivity contribution in [3.05, 3.63) is 42.7 Å². The molecule has 15 heavy (non-hydrogen) atoms. The molecule has 0 saturated heterocycles. The van der Waals surface area contributed by atoms with Gasteiger partial charge >= 0.3 is 0 Å². The summed E-state index contributed by atoms with van der Waals surface area (Å²) < 4.78 is 5.16. The number of pyridine rings is 1. The first kappa shape index (κ1) is 9.52. The van der Waals surface area contributed by atoms with Gasteiger partial charge in [-0.05, 0) is 23.8 Å². The quantitative estimate of drug-likeness (QED) is 0.809. The molecule has 0 fully saturated rings. The fraction of sp³-hybridized carbons (Fsp3) is 0.0833. The van der Waals surface area contributed by atoms with E-state index in [4.69, 9.17) is 10.5 Å². The van der Waals surface area contributed by atoms with E-state index in [0.29, 0.717) is 5.69 Å². The maximum absolute atomic E-state index is 5.84. The zero-order valence-corrected chi connectivity index (χ0v) is 8.47. The first-order valence-corrected chi connectivity index (χ1v) is 4.65. The van der Waals surface area contributed by atoms with Crippen molar-refractivity contribution in [3.8, 4) is 16.9 Å². The number of anilines is 1. The van der Waals surface area contributed by atoms with Gasteiger partial charge in [0.2, 0.25) is 0 Å². The van der Waals surface area contributed by atoms with Gasteiger partial charge in [0.15, 0.2) is 0 Å². The molecule has 0 bridgehead atoms. The fourth-order valence-corrected chi connectivity index (χ4v) is 1.46. The standard InChI is InChI=1S/C12H12N2O/c1-15-10-4-2-3-9(7-10)11-5-6-14-8-12(11)13/h2-8H,13H2,1H3. The molecule has 0 amide bonds. The minimum atomic E-state index is 0.672. The molecule has 1 aromatic carbocycles. The molecule has 0 aliphatic carbocycles. The Morgan fingerprint density at radius 1 is 1.27 bits per heavy atom. The highest BCUT2D eigenvalue weighted by Gasteiger charge is 2.02. The molecule has 76 valence electrons. The molecule has 1 heterocycles. The van der Waals surface area contributed by atoms with Crippen LogP contribution in [0.4, 0.5) is 5.69 Å². The van der Waals surface area contributed by atoms with Gasteiger partial charge in [-0.3, -0.25) is 4.98 Å². The lowest BCUT2D eigenvalue weighted by Crippen LogP contribution is -1.91. The third-order valence-corrected chi connectivity index (χ3v) is 2.23. The van der Waals surface area contributed by atoms with Crippen LogP contribution in [0.5, 0.6) is 5.75 Å². The van der Waals surface area contributed by atoms with Crippen molar-refractivity contribution in [1.82, 2.24) is 4.98 Å². The first-order valence-electron chi connectivity index (χ1n) is 4.65. The Morgan fingerprint density at radius 3 is 2.87 bits per heavy atom. The summed E-state index contributed by atoms with van der Waals surface area (Å²) in [5.74, 6) is 0.823. The minimum absolute atomic E-state index is 0.672. The minimum Gasteiger partial charge on any atom is -0.497 e. The number of hydrogen-bond acceptors (Lipinski definition) is 3. The predicted octanol–water partition coefficient (Wildman–Crippen LogP) is 2.34. The number of benzene rings is 1. The predicted molar refractivity (Wildman–Crippen MR) is 60.6 cm³/mol. The molecule has 0 radical (unpaired) electrons. The van der Waals surface area contributed by atoms with Crippen LogP contribution < -0.4 is 10.5 Å². The molecule has 3 heteroatoms. The number of nitrogens with zero attached hydrogens (tertiary/aromatic N) is 1. The Balaban J connectivity index is 2.49. The Hall–Kier alpha value is -2.03. The summed E-state index contributed by atoms with van der Waals surface area (Å²) in [6.07, 6.45) is 3.37. The van der Waals surface area contributed by atoms with Gasteiger partial charge in [0.1, 0.15) is 5.75 Å². The molecule has 0 spiro atoms. The van der Waals surface area contributed by atoms with Crippen molar-refractivity contribution < 1.29 is 4.74 Å². The summed E-state index contributed by atoms with van der Waals surface area (Å²) in [4.78, 5) is 3.96. The number of methoxy groups -OCH3 is 1. The summed E-state index contributed by atoms with van der Waals surface area (Å²) in [5, 5.41) is 0. The van der Waals surface area contributed by atoms with Gasteiger partial charge in [0, 0.05) is 11.8 Å². The third-order valence-electron chi connectivity index (χ3n) is 2.23. The number of ether oxygens (including phenoxy) is 1. The summed E-state index contributed by atoms with van der Waals surface area (Å²) in [6, 6.07) is 9.68. The third kappa shape index (κ3) is 1.91. The molecule has 0 atom stereocenters. The molecule has 1 aromatic heterocycles. The highest BCUT2D eigenvalue weighted by Crippen LogP contribution is 2.27. The summed E-state index contributed by atoms with van der Waals surface area (Å²) in [7, 11) is 1.65. The maximum atomic E-state index is 5.84. The lowest BCUT2D eigenvalue weighted by molar-refractivity contribution is 0.415. The SMILES string of the molecule is COc1cccc(-c2ccncc2N)c1. The lowest BCUT2D eigenvalue weighted by Gasteiger charge is -2.06. The molecule has 0 aliphatic rings. The normalized spacial score (nSPS) is 9.93. The smallest absolute Gasteiger partial charge is 0.119 e. The fourth-order valence-electron chi connectivity index (χ4n) is 1.46. The highest BCUT2D eigenvalue weighted by molar-refractivity contribution is 5.76. The molecule has 0 aliphatic heterocycles. The molecule has 0 saturated carbocycles. The first-order chi connectivity index (χ1) is 7.31. The van der Waals surface area contributed by atoms with Crippen LogP contribution in [0.3, 0.4) is 0 Å². The van der Waals surface area contributed by atoms with Crippen molar-refractivity contribution in [3.63, 3.8) is 0 Å². The Bertz CT molecular complexity index is 469. The van der Waals surface area contributed by atoms with Gasteiger partial charge in [-0.1, -0.05) is 12.1 Å². The van der Waals surface area contributed by atoms with Crippen LogP contribution in [0, 0.1) is 0 Å². The van der Waals surface area contributed by atoms with E-state index in [0.717, 1.165) is 16.9 Å². The second-order valence-electron chi connectivity index (χ2n) is 3.19. The van der Waals surface area contributed by atoms with Gasteiger partial charge in [0.05, 0.1) is 19.0 Å². The second-order valence-corrected chi connectivity index (χ2v) is 3.19. The zero-order valence-electron chi connectivity index (χ0n) is 8.47. The van der Waals surface area contributed by atoms with Gasteiger partial charge in [-0.25, -0.2) is 0 Å². The monoisotopic (exact) mass is 200 g/mol. The molecule has 2 aromatic rings. The van der Waals surface area contributed by atoms with Gasteiger partial charge < -0.3 is 10.5 Å². The number of rotatable bonds is 2. The lowest BCUT2D eigenvalue weighted by atomic mass is 10.1. The van der Waals surface area contributed by atoms with Crippen LogP contribution in [0.15, 0.2) is 42.7 Å². The molecule has 2 N–H and O–H groups in total. The van der Waals surface area contributed by atoms with Crippen LogP contribution in [0.1, 0.15) is 0 Å². The van der Waals surface area contributed by atoms with E-state index in [1.165, 1.54) is 0 Å². The largest absolute Gasteiger partial charge is 0.497 e. The maximum Gasteiger partial charge on any atom is 0.119 e. The van der Waals surface area contributed by atoms with E-state index in [2.05, 4.69) is 4.98 Å². The number of nitrogens with two attached hydrogens (primary N) is 1. The van der Waals surface area contributed by atoms with Gasteiger partial charge in [0.25, 0.3) is 0 Å². The molecule has 0 unspecified atom stereocenters. The van der Waals surface area contributed by atoms with Crippen molar-refractivity contribution >= 4 is 5.69 Å². The molecular formula is C12H12N2O. The van der Waals surface area contributed by atoms with Gasteiger partial charge in [-0.15, -0.1) is 0 Å². The highest BCUT2D eigenvalue weighted by atomic mass is 16.5. The number of aromatic nitrogens is 1. The Kier molecular flexibility index (Phi) is 2.54. The van der Waals surface area contributed by atoms with Crippen molar-refractivity contribution in [1.29, 1.82) is 0 Å². The summed E-state index contributed by atoms with van der Waals surface area (Å²) in [6.45, 7) is 0. The molecular weight excluding hydrogens is 188 g/mol. The van der Waals surface area contributed by atoms with Gasteiger partial charge in [-0.2, -0.15) is 0 Å². The van der Waals surface area contributed by atoms with Crippen LogP contribution in [0.25, 0.3) is 11.1 Å². The van der Waals surface area contributed by atoms with E-state index in [1.807, 2.05) is 30.3 Å². The average Bonchev–Trinajstić information content (AvgIpc) is 2.30. The number of hydrogen-bond donors (Lipinski definition) is 1. The Labute approximate surface area is 88.5 Å². The van der Waals surface area contributed by atoms with Crippen LogP contribution in [-0.2, 0) is 0 Å². The Morgan fingerprint density at radius 2 is 2.13 bits per heavy atom. The van der Waals surface area contributed by atoms with E-state index >= 15 is 0 Å².